The lowest BCUT2D eigenvalue weighted by molar-refractivity contribution is 0.0690. The van der Waals surface area contributed by atoms with Crippen LogP contribution >= 0.6 is 11.3 Å². The summed E-state index contributed by atoms with van der Waals surface area (Å²) in [6.07, 6.45) is 4.48. The Labute approximate surface area is 139 Å². The standard InChI is InChI=1S/C18H19FO3S/c1-10-8-13(23-9-10)6-5-7-14-11(2)12(3)15(18(20)21)16(19)17(14)22-4/h5,7-9H,6H2,1-4H3,(H,20,21). The molecule has 0 aliphatic carbocycles. The van der Waals surface area contributed by atoms with E-state index in [1.165, 1.54) is 17.6 Å². The van der Waals surface area contributed by atoms with Crippen LogP contribution in [-0.4, -0.2) is 18.2 Å². The van der Waals surface area contributed by atoms with Crippen molar-refractivity contribution in [2.45, 2.75) is 27.2 Å². The molecule has 0 bridgehead atoms. The van der Waals surface area contributed by atoms with E-state index in [4.69, 9.17) is 4.74 Å². The molecule has 1 aromatic heterocycles. The van der Waals surface area contributed by atoms with Crippen molar-refractivity contribution in [1.82, 2.24) is 0 Å². The van der Waals surface area contributed by atoms with E-state index in [0.29, 0.717) is 16.7 Å². The SMILES string of the molecule is COc1c(F)c(C(=O)O)c(C)c(C)c1C=CCc1cc(C)cs1. The van der Waals surface area contributed by atoms with E-state index in [-0.39, 0.29) is 11.3 Å². The molecule has 3 nitrogen and oxygen atoms in total. The Morgan fingerprint density at radius 1 is 1.35 bits per heavy atom. The number of aromatic carboxylic acids is 1. The molecule has 2 rings (SSSR count). The lowest BCUT2D eigenvalue weighted by atomic mass is 9.95. The van der Waals surface area contributed by atoms with Crippen LogP contribution in [-0.2, 0) is 6.42 Å². The van der Waals surface area contributed by atoms with Gasteiger partial charge in [-0.1, -0.05) is 12.2 Å². The van der Waals surface area contributed by atoms with Gasteiger partial charge in [-0.15, -0.1) is 11.3 Å². The zero-order valence-corrected chi connectivity index (χ0v) is 14.4. The molecule has 0 fully saturated rings. The van der Waals surface area contributed by atoms with E-state index in [2.05, 4.69) is 11.4 Å². The van der Waals surface area contributed by atoms with Crippen LogP contribution < -0.4 is 4.74 Å². The summed E-state index contributed by atoms with van der Waals surface area (Å²) >= 11 is 1.68. The van der Waals surface area contributed by atoms with Crippen LogP contribution in [0.3, 0.4) is 0 Å². The second kappa shape index (κ2) is 6.96. The molecule has 0 spiro atoms. The van der Waals surface area contributed by atoms with Crippen LogP contribution in [0.4, 0.5) is 4.39 Å². The van der Waals surface area contributed by atoms with Gasteiger partial charge in [0, 0.05) is 16.9 Å². The number of carboxylic acids is 1. The van der Waals surface area contributed by atoms with Gasteiger partial charge in [-0.05, 0) is 48.9 Å². The third-order valence-corrected chi connectivity index (χ3v) is 4.89. The number of halogens is 1. The molecule has 0 saturated carbocycles. The van der Waals surface area contributed by atoms with Crippen molar-refractivity contribution >= 4 is 23.4 Å². The maximum Gasteiger partial charge on any atom is 0.339 e. The quantitative estimate of drug-likeness (QED) is 0.856. The van der Waals surface area contributed by atoms with E-state index >= 15 is 0 Å². The molecule has 1 aromatic carbocycles. The summed E-state index contributed by atoms with van der Waals surface area (Å²) in [4.78, 5) is 12.5. The summed E-state index contributed by atoms with van der Waals surface area (Å²) in [5, 5.41) is 11.3. The van der Waals surface area contributed by atoms with Crippen LogP contribution in [0.15, 0.2) is 17.5 Å². The van der Waals surface area contributed by atoms with Crippen molar-refractivity contribution in [2.75, 3.05) is 7.11 Å². The second-order valence-electron chi connectivity index (χ2n) is 5.39. The molecular weight excluding hydrogens is 315 g/mol. The molecular formula is C18H19FO3S. The van der Waals surface area contributed by atoms with E-state index in [9.17, 15) is 14.3 Å². The van der Waals surface area contributed by atoms with Crippen molar-refractivity contribution < 1.29 is 19.0 Å². The Balaban J connectivity index is 2.43. The topological polar surface area (TPSA) is 46.5 Å². The molecule has 1 heterocycles. The normalized spacial score (nSPS) is 11.2. The van der Waals surface area contributed by atoms with Crippen molar-refractivity contribution in [2.24, 2.45) is 0 Å². The Hall–Kier alpha value is -2.14. The number of methoxy groups -OCH3 is 1. The summed E-state index contributed by atoms with van der Waals surface area (Å²) in [5.74, 6) is -2.13. The van der Waals surface area contributed by atoms with Crippen molar-refractivity contribution in [3.8, 4) is 5.75 Å². The molecule has 1 N–H and O–H groups in total. The van der Waals surface area contributed by atoms with Gasteiger partial charge in [0.05, 0.1) is 7.11 Å². The molecule has 0 atom stereocenters. The van der Waals surface area contributed by atoms with Gasteiger partial charge < -0.3 is 9.84 Å². The first-order chi connectivity index (χ1) is 10.9. The number of benzene rings is 1. The first-order valence-electron chi connectivity index (χ1n) is 7.17. The molecule has 23 heavy (non-hydrogen) atoms. The van der Waals surface area contributed by atoms with Crippen molar-refractivity contribution in [3.63, 3.8) is 0 Å². The molecule has 0 unspecified atom stereocenters. The van der Waals surface area contributed by atoms with E-state index in [0.717, 1.165) is 6.42 Å². The number of thiophene rings is 1. The number of hydrogen-bond donors (Lipinski definition) is 1. The zero-order valence-electron chi connectivity index (χ0n) is 13.6. The fourth-order valence-corrected chi connectivity index (χ4v) is 3.35. The lowest BCUT2D eigenvalue weighted by Crippen LogP contribution is -2.09. The highest BCUT2D eigenvalue weighted by atomic mass is 32.1. The third kappa shape index (κ3) is 3.45. The number of hydrogen-bond acceptors (Lipinski definition) is 3. The fourth-order valence-electron chi connectivity index (χ4n) is 2.50. The predicted molar refractivity (Wildman–Crippen MR) is 91.2 cm³/mol. The van der Waals surface area contributed by atoms with Crippen LogP contribution in [0, 0.1) is 26.6 Å². The largest absolute Gasteiger partial charge is 0.493 e. The molecule has 2 aromatic rings. The molecule has 5 heteroatoms. The molecule has 0 saturated heterocycles. The summed E-state index contributed by atoms with van der Waals surface area (Å²) in [6, 6.07) is 2.11. The van der Waals surface area contributed by atoms with E-state index in [1.54, 1.807) is 31.3 Å². The fraction of sp³-hybridized carbons (Fsp3) is 0.278. The summed E-state index contributed by atoms with van der Waals surface area (Å²) in [7, 11) is 1.35. The predicted octanol–water partition coefficient (Wildman–Crippen LogP) is 4.78. The van der Waals surface area contributed by atoms with Crippen molar-refractivity contribution in [3.05, 3.63) is 56.0 Å². The van der Waals surface area contributed by atoms with Crippen LogP contribution in [0.5, 0.6) is 5.75 Å². The minimum absolute atomic E-state index is 0.0240. The zero-order chi connectivity index (χ0) is 17.1. The molecule has 122 valence electrons. The summed E-state index contributed by atoms with van der Waals surface area (Å²) < 4.78 is 19.6. The Kier molecular flexibility index (Phi) is 5.21. The first kappa shape index (κ1) is 17.2. The number of aryl methyl sites for hydroxylation is 1. The third-order valence-electron chi connectivity index (χ3n) is 3.81. The summed E-state index contributed by atoms with van der Waals surface area (Å²) in [5.41, 5.74) is 2.60. The Bertz CT molecular complexity index is 775. The van der Waals surface area contributed by atoms with Gasteiger partial charge in [0.15, 0.2) is 11.6 Å². The minimum atomic E-state index is -1.29. The molecule has 0 amide bonds. The number of carboxylic acid groups (broad SMARTS) is 1. The Morgan fingerprint density at radius 2 is 2.04 bits per heavy atom. The number of carbonyl (C=O) groups is 1. The minimum Gasteiger partial charge on any atom is -0.493 e. The van der Waals surface area contributed by atoms with Gasteiger partial charge in [0.1, 0.15) is 5.56 Å². The van der Waals surface area contributed by atoms with E-state index in [1.807, 2.05) is 13.0 Å². The lowest BCUT2D eigenvalue weighted by Gasteiger charge is -2.15. The van der Waals surface area contributed by atoms with Gasteiger partial charge in [-0.25, -0.2) is 9.18 Å². The first-order valence-corrected chi connectivity index (χ1v) is 8.05. The Morgan fingerprint density at radius 3 is 2.57 bits per heavy atom. The van der Waals surface area contributed by atoms with Gasteiger partial charge in [0.25, 0.3) is 0 Å². The van der Waals surface area contributed by atoms with E-state index < -0.39 is 11.8 Å². The molecule has 0 aliphatic rings. The maximum absolute atomic E-state index is 14.4. The van der Waals surface area contributed by atoms with Gasteiger partial charge in [-0.2, -0.15) is 0 Å². The maximum atomic E-state index is 14.4. The van der Waals surface area contributed by atoms with Gasteiger partial charge >= 0.3 is 5.97 Å². The number of allylic oxidation sites excluding steroid dienone is 1. The molecule has 0 radical (unpaired) electrons. The van der Waals surface area contributed by atoms with Crippen LogP contribution in [0.1, 0.15) is 37.5 Å². The second-order valence-corrected chi connectivity index (χ2v) is 6.38. The van der Waals surface area contributed by atoms with Crippen LogP contribution in [0.25, 0.3) is 6.08 Å². The monoisotopic (exact) mass is 334 g/mol. The highest BCUT2D eigenvalue weighted by molar-refractivity contribution is 7.10. The highest BCUT2D eigenvalue weighted by Crippen LogP contribution is 2.33. The van der Waals surface area contributed by atoms with Crippen LogP contribution in [0.2, 0.25) is 0 Å². The number of rotatable bonds is 5. The average Bonchev–Trinajstić information content (AvgIpc) is 2.89. The highest BCUT2D eigenvalue weighted by Gasteiger charge is 2.23. The van der Waals surface area contributed by atoms with Crippen molar-refractivity contribution in [1.29, 1.82) is 0 Å². The number of ether oxygens (including phenoxy) is 1. The van der Waals surface area contributed by atoms with Gasteiger partial charge in [-0.3, -0.25) is 0 Å². The summed E-state index contributed by atoms with van der Waals surface area (Å²) in [6.45, 7) is 5.43. The average molecular weight is 334 g/mol. The smallest absolute Gasteiger partial charge is 0.339 e. The molecule has 0 aliphatic heterocycles. The van der Waals surface area contributed by atoms with Gasteiger partial charge in [0.2, 0.25) is 0 Å².